The standard InChI is InChI=1S/C20H20N2O3/c1-13-6-5-7-14(10-13)19(23)22-18(20(24)25-2)11-15-12-21-17-9-4-3-8-16(15)17/h3-10,12,18,21H,11H2,1-2H3,(H,22,23). The lowest BCUT2D eigenvalue weighted by Gasteiger charge is -2.16. The van der Waals surface area contributed by atoms with E-state index in [2.05, 4.69) is 10.3 Å². The molecule has 0 aliphatic heterocycles. The molecule has 3 rings (SSSR count). The number of aromatic nitrogens is 1. The molecule has 1 aromatic heterocycles. The van der Waals surface area contributed by atoms with Crippen LogP contribution in [-0.4, -0.2) is 30.0 Å². The van der Waals surface area contributed by atoms with Crippen LogP contribution in [0.5, 0.6) is 0 Å². The molecule has 0 spiro atoms. The van der Waals surface area contributed by atoms with Crippen molar-refractivity contribution in [1.29, 1.82) is 0 Å². The summed E-state index contributed by atoms with van der Waals surface area (Å²) >= 11 is 0. The van der Waals surface area contributed by atoms with E-state index < -0.39 is 12.0 Å². The van der Waals surface area contributed by atoms with Gasteiger partial charge < -0.3 is 15.0 Å². The molecule has 0 saturated carbocycles. The summed E-state index contributed by atoms with van der Waals surface area (Å²) in [5.74, 6) is -0.759. The first-order chi connectivity index (χ1) is 12.1. The second-order valence-corrected chi connectivity index (χ2v) is 5.98. The van der Waals surface area contributed by atoms with Crippen LogP contribution in [0, 0.1) is 6.92 Å². The number of ether oxygens (including phenoxy) is 1. The number of methoxy groups -OCH3 is 1. The normalized spacial score (nSPS) is 11.9. The number of benzene rings is 2. The number of fused-ring (bicyclic) bond motifs is 1. The lowest BCUT2D eigenvalue weighted by molar-refractivity contribution is -0.142. The number of H-pyrrole nitrogens is 1. The molecule has 128 valence electrons. The van der Waals surface area contributed by atoms with Crippen molar-refractivity contribution in [3.63, 3.8) is 0 Å². The third kappa shape index (κ3) is 3.71. The molecule has 0 saturated heterocycles. The Labute approximate surface area is 146 Å². The maximum absolute atomic E-state index is 12.5. The van der Waals surface area contributed by atoms with Crippen molar-refractivity contribution in [2.75, 3.05) is 7.11 Å². The van der Waals surface area contributed by atoms with E-state index in [1.54, 1.807) is 12.1 Å². The second-order valence-electron chi connectivity index (χ2n) is 5.98. The molecule has 1 atom stereocenters. The van der Waals surface area contributed by atoms with Crippen molar-refractivity contribution >= 4 is 22.8 Å². The predicted octanol–water partition coefficient (Wildman–Crippen LogP) is 2.99. The van der Waals surface area contributed by atoms with Crippen LogP contribution in [0.2, 0.25) is 0 Å². The SMILES string of the molecule is COC(=O)C(Cc1c[nH]c2ccccc12)NC(=O)c1cccc(C)c1. The minimum atomic E-state index is -0.753. The largest absolute Gasteiger partial charge is 0.467 e. The Morgan fingerprint density at radius 2 is 1.96 bits per heavy atom. The number of aryl methyl sites for hydroxylation is 1. The van der Waals surface area contributed by atoms with Crippen molar-refractivity contribution < 1.29 is 14.3 Å². The van der Waals surface area contributed by atoms with Gasteiger partial charge in [-0.2, -0.15) is 0 Å². The highest BCUT2D eigenvalue weighted by molar-refractivity contribution is 5.97. The fraction of sp³-hybridized carbons (Fsp3) is 0.200. The zero-order valence-electron chi connectivity index (χ0n) is 14.2. The van der Waals surface area contributed by atoms with Gasteiger partial charge in [-0.1, -0.05) is 35.9 Å². The topological polar surface area (TPSA) is 71.2 Å². The first-order valence-electron chi connectivity index (χ1n) is 8.09. The smallest absolute Gasteiger partial charge is 0.328 e. The fourth-order valence-corrected chi connectivity index (χ4v) is 2.88. The number of rotatable bonds is 5. The van der Waals surface area contributed by atoms with Gasteiger partial charge in [0.2, 0.25) is 0 Å². The molecule has 1 heterocycles. The number of amides is 1. The molecule has 0 fully saturated rings. The molecule has 0 bridgehead atoms. The number of hydrogen-bond donors (Lipinski definition) is 2. The number of carbonyl (C=O) groups is 2. The summed E-state index contributed by atoms with van der Waals surface area (Å²) in [6, 6.07) is 14.3. The van der Waals surface area contributed by atoms with Crippen molar-refractivity contribution in [1.82, 2.24) is 10.3 Å². The van der Waals surface area contributed by atoms with Crippen molar-refractivity contribution in [3.8, 4) is 0 Å². The first kappa shape index (κ1) is 16.8. The van der Waals surface area contributed by atoms with Crippen LogP contribution < -0.4 is 5.32 Å². The highest BCUT2D eigenvalue weighted by Gasteiger charge is 2.23. The zero-order valence-corrected chi connectivity index (χ0v) is 14.2. The van der Waals surface area contributed by atoms with Crippen LogP contribution in [0.1, 0.15) is 21.5 Å². The van der Waals surface area contributed by atoms with Gasteiger partial charge in [-0.3, -0.25) is 4.79 Å². The molecule has 5 nitrogen and oxygen atoms in total. The first-order valence-corrected chi connectivity index (χ1v) is 8.09. The summed E-state index contributed by atoms with van der Waals surface area (Å²) in [6.45, 7) is 1.92. The van der Waals surface area contributed by atoms with E-state index in [-0.39, 0.29) is 5.91 Å². The molecular weight excluding hydrogens is 316 g/mol. The maximum Gasteiger partial charge on any atom is 0.328 e. The van der Waals surface area contributed by atoms with E-state index in [0.29, 0.717) is 12.0 Å². The number of aromatic amines is 1. The summed E-state index contributed by atoms with van der Waals surface area (Å²) in [5, 5.41) is 3.82. The molecule has 2 N–H and O–H groups in total. The third-order valence-corrected chi connectivity index (χ3v) is 4.17. The molecule has 0 radical (unpaired) electrons. The minimum Gasteiger partial charge on any atom is -0.467 e. The molecule has 25 heavy (non-hydrogen) atoms. The molecule has 0 aliphatic rings. The Morgan fingerprint density at radius 3 is 2.72 bits per heavy atom. The third-order valence-electron chi connectivity index (χ3n) is 4.17. The predicted molar refractivity (Wildman–Crippen MR) is 96.5 cm³/mol. The van der Waals surface area contributed by atoms with E-state index >= 15 is 0 Å². The zero-order chi connectivity index (χ0) is 17.8. The molecule has 1 amide bonds. The lowest BCUT2D eigenvalue weighted by Crippen LogP contribution is -2.43. The summed E-state index contributed by atoms with van der Waals surface area (Å²) < 4.78 is 4.87. The Balaban J connectivity index is 1.83. The number of para-hydroxylation sites is 1. The average molecular weight is 336 g/mol. The van der Waals surface area contributed by atoms with Crippen LogP contribution in [0.15, 0.2) is 54.7 Å². The van der Waals surface area contributed by atoms with Crippen molar-refractivity contribution in [3.05, 3.63) is 71.4 Å². The van der Waals surface area contributed by atoms with Crippen LogP contribution in [0.3, 0.4) is 0 Å². The van der Waals surface area contributed by atoms with Gasteiger partial charge in [0.05, 0.1) is 7.11 Å². The molecule has 3 aromatic rings. The van der Waals surface area contributed by atoms with E-state index in [9.17, 15) is 9.59 Å². The second kappa shape index (κ2) is 7.21. The van der Waals surface area contributed by atoms with Crippen LogP contribution in [0.25, 0.3) is 10.9 Å². The van der Waals surface area contributed by atoms with Crippen molar-refractivity contribution in [2.45, 2.75) is 19.4 Å². The van der Waals surface area contributed by atoms with E-state index in [1.807, 2.05) is 49.5 Å². The van der Waals surface area contributed by atoms with Crippen LogP contribution in [-0.2, 0) is 16.0 Å². The quantitative estimate of drug-likeness (QED) is 0.704. The van der Waals surface area contributed by atoms with Crippen molar-refractivity contribution in [2.24, 2.45) is 0 Å². The highest BCUT2D eigenvalue weighted by Crippen LogP contribution is 2.19. The number of hydrogen-bond acceptors (Lipinski definition) is 3. The van der Waals surface area contributed by atoms with E-state index in [0.717, 1.165) is 22.0 Å². The van der Waals surface area contributed by atoms with Crippen LogP contribution >= 0.6 is 0 Å². The number of carbonyl (C=O) groups excluding carboxylic acids is 2. The Morgan fingerprint density at radius 1 is 1.16 bits per heavy atom. The number of nitrogens with one attached hydrogen (secondary N) is 2. The van der Waals surface area contributed by atoms with Gasteiger partial charge in [0.1, 0.15) is 6.04 Å². The van der Waals surface area contributed by atoms with Gasteiger partial charge in [-0.05, 0) is 30.7 Å². The molecule has 0 aliphatic carbocycles. The summed E-state index contributed by atoms with van der Waals surface area (Å²) in [7, 11) is 1.32. The van der Waals surface area contributed by atoms with E-state index in [4.69, 9.17) is 4.74 Å². The summed E-state index contributed by atoms with van der Waals surface area (Å²) in [5.41, 5.74) is 3.45. The monoisotopic (exact) mass is 336 g/mol. The van der Waals surface area contributed by atoms with Gasteiger partial charge in [0.15, 0.2) is 0 Å². The average Bonchev–Trinajstić information content (AvgIpc) is 3.03. The molecular formula is C20H20N2O3. The Bertz CT molecular complexity index is 914. The molecule has 1 unspecified atom stereocenters. The number of esters is 1. The minimum absolute atomic E-state index is 0.293. The fourth-order valence-electron chi connectivity index (χ4n) is 2.88. The van der Waals surface area contributed by atoms with Gasteiger partial charge in [0, 0.05) is 29.1 Å². The summed E-state index contributed by atoms with van der Waals surface area (Å²) in [6.07, 6.45) is 2.22. The molecule has 5 heteroatoms. The Hall–Kier alpha value is -3.08. The van der Waals surface area contributed by atoms with Crippen LogP contribution in [0.4, 0.5) is 0 Å². The highest BCUT2D eigenvalue weighted by atomic mass is 16.5. The maximum atomic E-state index is 12.5. The van der Waals surface area contributed by atoms with Gasteiger partial charge in [-0.15, -0.1) is 0 Å². The molecule has 2 aromatic carbocycles. The Kier molecular flexibility index (Phi) is 4.84. The summed E-state index contributed by atoms with van der Waals surface area (Å²) in [4.78, 5) is 27.8. The lowest BCUT2D eigenvalue weighted by atomic mass is 10.0. The van der Waals surface area contributed by atoms with Gasteiger partial charge in [-0.25, -0.2) is 4.79 Å². The van der Waals surface area contributed by atoms with E-state index in [1.165, 1.54) is 7.11 Å². The van der Waals surface area contributed by atoms with Gasteiger partial charge in [0.25, 0.3) is 5.91 Å². The van der Waals surface area contributed by atoms with Gasteiger partial charge >= 0.3 is 5.97 Å².